The maximum absolute atomic E-state index is 13.5. The maximum Gasteiger partial charge on any atom is 0.248 e. The van der Waals surface area contributed by atoms with Gasteiger partial charge in [-0.25, -0.2) is 4.68 Å². The lowest BCUT2D eigenvalue weighted by atomic mass is 9.85. The van der Waals surface area contributed by atoms with Crippen molar-refractivity contribution < 1.29 is 14.7 Å². The van der Waals surface area contributed by atoms with Crippen LogP contribution < -0.4 is 5.32 Å². The molecule has 3 rings (SSSR count). The molecule has 0 radical (unpaired) electrons. The first-order chi connectivity index (χ1) is 14.1. The quantitative estimate of drug-likeness (QED) is 0.649. The van der Waals surface area contributed by atoms with Crippen molar-refractivity contribution in [1.29, 1.82) is 0 Å². The standard InChI is InChI=1S/C20H35N7O3/c1-20(2,3)17(19(30)26-13-15(28)10-16(26)18(29)21-4)27-12-14(22-23-27)11-25-8-6-24(5)7-9-25/h12,15-17,28H,6-11,13H2,1-5H3,(H,21,29)/t15?,16?,17-/m1/s1. The van der Waals surface area contributed by atoms with Crippen molar-refractivity contribution in [3.05, 3.63) is 11.9 Å². The van der Waals surface area contributed by atoms with Gasteiger partial charge in [-0.1, -0.05) is 26.0 Å². The fourth-order valence-corrected chi connectivity index (χ4v) is 4.26. The van der Waals surface area contributed by atoms with Crippen LogP contribution in [0.25, 0.3) is 0 Å². The van der Waals surface area contributed by atoms with Crippen molar-refractivity contribution in [2.75, 3.05) is 46.8 Å². The van der Waals surface area contributed by atoms with E-state index in [4.69, 9.17) is 0 Å². The number of rotatable bonds is 5. The average Bonchev–Trinajstić information content (AvgIpc) is 3.28. The molecule has 10 heteroatoms. The minimum absolute atomic E-state index is 0.145. The summed E-state index contributed by atoms with van der Waals surface area (Å²) in [5.74, 6) is -0.481. The number of hydrogen-bond acceptors (Lipinski definition) is 7. The van der Waals surface area contributed by atoms with Gasteiger partial charge in [-0.05, 0) is 12.5 Å². The molecule has 10 nitrogen and oxygen atoms in total. The monoisotopic (exact) mass is 421 g/mol. The van der Waals surface area contributed by atoms with Crippen molar-refractivity contribution in [2.45, 2.75) is 51.9 Å². The summed E-state index contributed by atoms with van der Waals surface area (Å²) in [6, 6.07) is -1.29. The van der Waals surface area contributed by atoms with Crippen molar-refractivity contribution in [1.82, 2.24) is 35.0 Å². The molecule has 1 aromatic rings. The minimum atomic E-state index is -0.708. The Morgan fingerprint density at radius 3 is 2.53 bits per heavy atom. The lowest BCUT2D eigenvalue weighted by Crippen LogP contribution is -2.49. The first-order valence-corrected chi connectivity index (χ1v) is 10.6. The number of nitrogens with one attached hydrogen (secondary N) is 1. The van der Waals surface area contributed by atoms with Crippen LogP contribution in [0.2, 0.25) is 0 Å². The summed E-state index contributed by atoms with van der Waals surface area (Å²) >= 11 is 0. The molecule has 0 aliphatic carbocycles. The van der Waals surface area contributed by atoms with E-state index >= 15 is 0 Å². The van der Waals surface area contributed by atoms with Gasteiger partial charge in [0.1, 0.15) is 12.1 Å². The highest BCUT2D eigenvalue weighted by Gasteiger charge is 2.45. The first kappa shape index (κ1) is 22.6. The number of aliphatic hydroxyl groups excluding tert-OH is 1. The highest BCUT2D eigenvalue weighted by atomic mass is 16.3. The number of aromatic nitrogens is 3. The highest BCUT2D eigenvalue weighted by molar-refractivity contribution is 5.90. The van der Waals surface area contributed by atoms with E-state index in [1.165, 1.54) is 4.90 Å². The topological polar surface area (TPSA) is 107 Å². The van der Waals surface area contributed by atoms with Gasteiger partial charge in [0.05, 0.1) is 18.0 Å². The number of nitrogens with zero attached hydrogens (tertiary/aromatic N) is 6. The molecule has 2 fully saturated rings. The van der Waals surface area contributed by atoms with Crippen LogP contribution in [0, 0.1) is 5.41 Å². The van der Waals surface area contributed by atoms with Gasteiger partial charge in [-0.15, -0.1) is 5.10 Å². The van der Waals surface area contributed by atoms with E-state index in [-0.39, 0.29) is 24.8 Å². The minimum Gasteiger partial charge on any atom is -0.391 e. The van der Waals surface area contributed by atoms with E-state index < -0.39 is 23.6 Å². The van der Waals surface area contributed by atoms with Crippen LogP contribution in [0.1, 0.15) is 38.9 Å². The Kier molecular flexibility index (Phi) is 6.78. The number of carbonyl (C=O) groups excluding carboxylic acids is 2. The fourth-order valence-electron chi connectivity index (χ4n) is 4.26. The van der Waals surface area contributed by atoms with Crippen LogP contribution >= 0.6 is 0 Å². The highest BCUT2D eigenvalue weighted by Crippen LogP contribution is 2.34. The molecule has 0 aromatic carbocycles. The number of carbonyl (C=O) groups is 2. The lowest BCUT2D eigenvalue weighted by Gasteiger charge is -2.34. The summed E-state index contributed by atoms with van der Waals surface area (Å²) in [4.78, 5) is 31.9. The summed E-state index contributed by atoms with van der Waals surface area (Å²) in [5.41, 5.74) is 0.377. The second kappa shape index (κ2) is 8.99. The number of β-amino-alcohol motifs (C(OH)–C–C–N with tert-alkyl or cyclic N) is 1. The average molecular weight is 422 g/mol. The molecule has 2 aliphatic heterocycles. The molecular formula is C20H35N7O3. The van der Waals surface area contributed by atoms with Gasteiger partial charge in [-0.3, -0.25) is 14.5 Å². The Labute approximate surface area is 178 Å². The molecule has 0 spiro atoms. The van der Waals surface area contributed by atoms with Crippen LogP contribution in [0.4, 0.5) is 0 Å². The van der Waals surface area contributed by atoms with E-state index in [9.17, 15) is 14.7 Å². The molecule has 2 amide bonds. The molecule has 0 bridgehead atoms. The molecule has 2 N–H and O–H groups in total. The van der Waals surface area contributed by atoms with Gasteiger partial charge in [0.2, 0.25) is 11.8 Å². The van der Waals surface area contributed by atoms with Crippen molar-refractivity contribution in [3.63, 3.8) is 0 Å². The van der Waals surface area contributed by atoms with E-state index in [0.29, 0.717) is 6.54 Å². The smallest absolute Gasteiger partial charge is 0.248 e. The molecule has 3 heterocycles. The number of likely N-dealkylation sites (tertiary alicyclic amines) is 1. The van der Waals surface area contributed by atoms with E-state index in [0.717, 1.165) is 31.9 Å². The van der Waals surface area contributed by atoms with E-state index in [2.05, 4.69) is 32.5 Å². The maximum atomic E-state index is 13.5. The SMILES string of the molecule is CNC(=O)C1CC(O)CN1C(=O)[C@@H](n1cc(CN2CCN(C)CC2)nn1)C(C)(C)C. The van der Waals surface area contributed by atoms with Gasteiger partial charge in [0.15, 0.2) is 0 Å². The number of piperazine rings is 1. The third kappa shape index (κ3) is 4.98. The van der Waals surface area contributed by atoms with Gasteiger partial charge in [0.25, 0.3) is 0 Å². The zero-order chi connectivity index (χ0) is 22.1. The van der Waals surface area contributed by atoms with Crippen LogP contribution in [0.5, 0.6) is 0 Å². The normalized spacial score (nSPS) is 24.8. The molecule has 0 saturated carbocycles. The van der Waals surface area contributed by atoms with Gasteiger partial charge in [0, 0.05) is 52.7 Å². The Hall–Kier alpha value is -2.04. The van der Waals surface area contributed by atoms with Crippen LogP contribution in [0.15, 0.2) is 6.20 Å². The predicted molar refractivity (Wildman–Crippen MR) is 111 cm³/mol. The third-order valence-corrected chi connectivity index (χ3v) is 5.97. The van der Waals surface area contributed by atoms with Crippen LogP contribution in [-0.2, 0) is 16.1 Å². The van der Waals surface area contributed by atoms with Crippen molar-refractivity contribution >= 4 is 11.8 Å². The first-order valence-electron chi connectivity index (χ1n) is 10.6. The fraction of sp³-hybridized carbons (Fsp3) is 0.800. The van der Waals surface area contributed by atoms with Crippen LogP contribution in [-0.4, -0.2) is 106 Å². The summed E-state index contributed by atoms with van der Waals surface area (Å²) in [6.45, 7) is 10.8. The molecule has 30 heavy (non-hydrogen) atoms. The van der Waals surface area contributed by atoms with Gasteiger partial charge >= 0.3 is 0 Å². The Morgan fingerprint density at radius 1 is 1.27 bits per heavy atom. The summed E-state index contributed by atoms with van der Waals surface area (Å²) in [6.07, 6.45) is 1.38. The second-order valence-corrected chi connectivity index (χ2v) is 9.55. The summed E-state index contributed by atoms with van der Waals surface area (Å²) in [5, 5.41) is 21.3. The number of likely N-dealkylation sites (N-methyl/N-ethyl adjacent to an activating group) is 2. The molecule has 168 valence electrons. The van der Waals surface area contributed by atoms with Gasteiger partial charge in [-0.2, -0.15) is 0 Å². The predicted octanol–water partition coefficient (Wildman–Crippen LogP) is -0.679. The Balaban J connectivity index is 1.79. The van der Waals surface area contributed by atoms with E-state index in [1.807, 2.05) is 27.0 Å². The molecule has 3 atom stereocenters. The van der Waals surface area contributed by atoms with Crippen molar-refractivity contribution in [2.24, 2.45) is 5.41 Å². The van der Waals surface area contributed by atoms with Crippen LogP contribution in [0.3, 0.4) is 0 Å². The molecule has 2 aliphatic rings. The summed E-state index contributed by atoms with van der Waals surface area (Å²) < 4.78 is 1.62. The van der Waals surface area contributed by atoms with Crippen molar-refractivity contribution in [3.8, 4) is 0 Å². The second-order valence-electron chi connectivity index (χ2n) is 9.55. The Morgan fingerprint density at radius 2 is 1.93 bits per heavy atom. The molecule has 2 saturated heterocycles. The third-order valence-electron chi connectivity index (χ3n) is 5.97. The van der Waals surface area contributed by atoms with E-state index in [1.54, 1.807) is 11.7 Å². The largest absolute Gasteiger partial charge is 0.391 e. The number of aliphatic hydroxyl groups is 1. The summed E-state index contributed by atoms with van der Waals surface area (Å²) in [7, 11) is 3.66. The molecule has 1 aromatic heterocycles. The van der Waals surface area contributed by atoms with Gasteiger partial charge < -0.3 is 20.2 Å². The lowest BCUT2D eigenvalue weighted by molar-refractivity contribution is -0.144. The zero-order valence-corrected chi connectivity index (χ0v) is 18.7. The molecule has 2 unspecified atom stereocenters. The molecular weight excluding hydrogens is 386 g/mol. The number of hydrogen-bond donors (Lipinski definition) is 2. The zero-order valence-electron chi connectivity index (χ0n) is 18.7. The number of amides is 2. The Bertz CT molecular complexity index is 752.